The van der Waals surface area contributed by atoms with Crippen molar-refractivity contribution in [3.8, 4) is 0 Å². The molecule has 0 N–H and O–H groups in total. The van der Waals surface area contributed by atoms with Gasteiger partial charge in [0, 0.05) is 10.7 Å². The van der Waals surface area contributed by atoms with Crippen LogP contribution in [0.4, 0.5) is 0 Å². The molecule has 0 aromatic heterocycles. The normalized spacial score (nSPS) is 11.8. The van der Waals surface area contributed by atoms with Crippen LogP contribution in [0.15, 0.2) is 12.1 Å². The highest BCUT2D eigenvalue weighted by Crippen LogP contribution is 2.41. The summed E-state index contributed by atoms with van der Waals surface area (Å²) in [4.78, 5) is 0. The van der Waals surface area contributed by atoms with Crippen LogP contribution in [0, 0.1) is 0 Å². The molecule has 0 nitrogen and oxygen atoms in total. The van der Waals surface area contributed by atoms with Gasteiger partial charge in [0.15, 0.2) is 0 Å². The zero-order chi connectivity index (χ0) is 26.2. The minimum absolute atomic E-state index is 0.938. The van der Waals surface area contributed by atoms with Gasteiger partial charge < -0.3 is 0 Å². The van der Waals surface area contributed by atoms with Gasteiger partial charge in [-0.05, 0) is 117 Å². The van der Waals surface area contributed by atoms with Gasteiger partial charge in [-0.1, -0.05) is 112 Å². The van der Waals surface area contributed by atoms with Gasteiger partial charge in [-0.2, -0.15) is 0 Å². The van der Waals surface area contributed by atoms with Crippen molar-refractivity contribution in [1.29, 1.82) is 0 Å². The summed E-state index contributed by atoms with van der Waals surface area (Å²) in [5.74, 6) is 0. The van der Waals surface area contributed by atoms with Gasteiger partial charge in [-0.3, -0.25) is 0 Å². The van der Waals surface area contributed by atoms with Crippen LogP contribution in [0.2, 0.25) is 0 Å². The molecule has 3 aromatic carbocycles. The summed E-state index contributed by atoms with van der Waals surface area (Å²) in [7, 11) is 0. The summed E-state index contributed by atoms with van der Waals surface area (Å²) in [5, 5.41) is 8.04. The van der Waals surface area contributed by atoms with E-state index in [1.807, 2.05) is 0 Å². The fourth-order valence-corrected chi connectivity index (χ4v) is 7.90. The summed E-state index contributed by atoms with van der Waals surface area (Å²) in [5.41, 5.74) is 12.9. The third-order valence-corrected chi connectivity index (χ3v) is 9.03. The monoisotopic (exact) mass is 614 g/mol. The average molecular weight is 617 g/mol. The van der Waals surface area contributed by atoms with E-state index in [-0.39, 0.29) is 0 Å². The lowest BCUT2D eigenvalue weighted by molar-refractivity contribution is 0.810. The Balaban J connectivity index is 2.64. The second-order valence-corrected chi connectivity index (χ2v) is 11.7. The number of fused-ring (bicyclic) bond motifs is 2. The molecule has 0 aliphatic heterocycles. The van der Waals surface area contributed by atoms with Gasteiger partial charge in [0.05, 0.1) is 0 Å². The van der Waals surface area contributed by atoms with Gasteiger partial charge in [0.25, 0.3) is 0 Å². The van der Waals surface area contributed by atoms with Gasteiger partial charge >= 0.3 is 0 Å². The maximum absolute atomic E-state index is 3.90. The summed E-state index contributed by atoms with van der Waals surface area (Å²) < 4.78 is 0. The fourth-order valence-electron chi connectivity index (χ4n) is 6.55. The lowest BCUT2D eigenvalue weighted by atomic mass is 9.79. The molecule has 198 valence electrons. The minimum Gasteiger partial charge on any atom is -0.0876 e. The Labute approximate surface area is 238 Å². The summed E-state index contributed by atoms with van der Waals surface area (Å²) >= 11 is 7.80. The molecule has 36 heavy (non-hydrogen) atoms. The van der Waals surface area contributed by atoms with Crippen LogP contribution >= 0.6 is 31.9 Å². The smallest absolute Gasteiger partial charge is 0.0289 e. The second-order valence-electron chi connectivity index (χ2n) is 10.5. The average Bonchev–Trinajstić information content (AvgIpc) is 2.88. The molecule has 0 fully saturated rings. The van der Waals surface area contributed by atoms with Crippen LogP contribution < -0.4 is 0 Å². The predicted octanol–water partition coefficient (Wildman–Crippen LogP) is 11.5. The Hall–Kier alpha value is -0.860. The van der Waals surface area contributed by atoms with Crippen LogP contribution in [0.1, 0.15) is 125 Å². The lowest BCUT2D eigenvalue weighted by Gasteiger charge is -2.26. The van der Waals surface area contributed by atoms with E-state index >= 15 is 0 Å². The van der Waals surface area contributed by atoms with Crippen molar-refractivity contribution < 1.29 is 0 Å². The number of hydrogen-bond donors (Lipinski definition) is 0. The molecule has 0 spiro atoms. The number of alkyl halides is 2. The highest BCUT2D eigenvalue weighted by molar-refractivity contribution is 9.09. The van der Waals surface area contributed by atoms with E-state index in [0.29, 0.717) is 0 Å². The molecule has 3 rings (SSSR count). The van der Waals surface area contributed by atoms with Crippen LogP contribution in [0.5, 0.6) is 0 Å². The van der Waals surface area contributed by atoms with Crippen molar-refractivity contribution in [2.75, 3.05) is 0 Å². The van der Waals surface area contributed by atoms with E-state index in [9.17, 15) is 0 Å². The molecule has 2 heteroatoms. The Kier molecular flexibility index (Phi) is 11.8. The molecule has 0 atom stereocenters. The third kappa shape index (κ3) is 5.75. The van der Waals surface area contributed by atoms with Gasteiger partial charge in [-0.25, -0.2) is 0 Å². The van der Waals surface area contributed by atoms with E-state index in [4.69, 9.17) is 0 Å². The molecule has 0 aliphatic carbocycles. The van der Waals surface area contributed by atoms with Crippen molar-refractivity contribution in [1.82, 2.24) is 0 Å². The molecule has 0 heterocycles. The molecule has 0 saturated heterocycles. The SMILES string of the molecule is CCCc1c(CCC)c(CCC)c2cc3c(CCC)c(CBr)c(CBr)c(CCC)c3cc2c1CCC. The van der Waals surface area contributed by atoms with Crippen LogP contribution in [-0.2, 0) is 49.2 Å². The first kappa shape index (κ1) is 29.7. The predicted molar refractivity (Wildman–Crippen MR) is 171 cm³/mol. The Morgan fingerprint density at radius 3 is 0.806 bits per heavy atom. The maximum Gasteiger partial charge on any atom is 0.0289 e. The summed E-state index contributed by atoms with van der Waals surface area (Å²) in [6.07, 6.45) is 14.3. The molecule has 0 amide bonds. The molecule has 3 aromatic rings. The Bertz CT molecular complexity index is 1080. The van der Waals surface area contributed by atoms with Gasteiger partial charge in [-0.15, -0.1) is 0 Å². The molecule has 0 radical (unpaired) electrons. The van der Waals surface area contributed by atoms with Crippen molar-refractivity contribution in [3.05, 3.63) is 56.6 Å². The quantitative estimate of drug-likeness (QED) is 0.125. The fraction of sp³-hybridized carbons (Fsp3) is 0.588. The molecular formula is C34H48Br2. The number of hydrogen-bond acceptors (Lipinski definition) is 0. The van der Waals surface area contributed by atoms with E-state index < -0.39 is 0 Å². The topological polar surface area (TPSA) is 0 Å². The second kappa shape index (κ2) is 14.3. The van der Waals surface area contributed by atoms with E-state index in [2.05, 4.69) is 85.5 Å². The maximum atomic E-state index is 3.90. The molecule has 0 aliphatic rings. The Morgan fingerprint density at radius 1 is 0.361 bits per heavy atom. The summed E-state index contributed by atoms with van der Waals surface area (Å²) in [6, 6.07) is 5.30. The zero-order valence-electron chi connectivity index (χ0n) is 23.8. The highest BCUT2D eigenvalue weighted by atomic mass is 79.9. The zero-order valence-corrected chi connectivity index (χ0v) is 27.0. The van der Waals surface area contributed by atoms with Crippen molar-refractivity contribution >= 4 is 53.4 Å². The first-order chi connectivity index (χ1) is 17.6. The number of aryl methyl sites for hydroxylation is 4. The third-order valence-electron chi connectivity index (χ3n) is 7.91. The van der Waals surface area contributed by atoms with Crippen molar-refractivity contribution in [2.45, 2.75) is 129 Å². The number of halogens is 2. The molecule has 0 bridgehead atoms. The summed E-state index contributed by atoms with van der Waals surface area (Å²) in [6.45, 7) is 14.1. The van der Waals surface area contributed by atoms with Gasteiger partial charge in [0.1, 0.15) is 0 Å². The van der Waals surface area contributed by atoms with Crippen molar-refractivity contribution in [3.63, 3.8) is 0 Å². The van der Waals surface area contributed by atoms with Gasteiger partial charge in [0.2, 0.25) is 0 Å². The van der Waals surface area contributed by atoms with E-state index in [1.165, 1.54) is 86.1 Å². The largest absolute Gasteiger partial charge is 0.0876 e. The minimum atomic E-state index is 0.938. The molecule has 0 saturated carbocycles. The number of rotatable bonds is 14. The lowest BCUT2D eigenvalue weighted by Crippen LogP contribution is -2.09. The van der Waals surface area contributed by atoms with E-state index in [0.717, 1.165) is 23.5 Å². The first-order valence-corrected chi connectivity index (χ1v) is 17.0. The Morgan fingerprint density at radius 2 is 0.583 bits per heavy atom. The molecular weight excluding hydrogens is 568 g/mol. The van der Waals surface area contributed by atoms with E-state index in [1.54, 1.807) is 44.2 Å². The van der Waals surface area contributed by atoms with Crippen LogP contribution in [0.25, 0.3) is 21.5 Å². The van der Waals surface area contributed by atoms with Crippen LogP contribution in [0.3, 0.4) is 0 Å². The standard InChI is InChI=1S/C34H48Br2/c1-7-13-23-24(14-8-2)26(16-10-4)30-20-32-28(18-12-6)34(22-36)33(21-35)27(17-11-5)31(32)19-29(30)25(23)15-9-3/h19-20H,7-18,21-22H2,1-6H3. The first-order valence-electron chi connectivity index (χ1n) is 14.8. The highest BCUT2D eigenvalue weighted by Gasteiger charge is 2.22. The van der Waals surface area contributed by atoms with Crippen LogP contribution in [-0.4, -0.2) is 0 Å². The number of benzene rings is 3. The van der Waals surface area contributed by atoms with Crippen molar-refractivity contribution in [2.24, 2.45) is 0 Å². The molecule has 0 unspecified atom stereocenters.